The van der Waals surface area contributed by atoms with Crippen LogP contribution in [-0.2, 0) is 20.4 Å². The predicted octanol–water partition coefficient (Wildman–Crippen LogP) is 9.52. The van der Waals surface area contributed by atoms with E-state index in [-0.39, 0.29) is 29.1 Å². The van der Waals surface area contributed by atoms with Gasteiger partial charge in [0, 0.05) is 17.5 Å². The van der Waals surface area contributed by atoms with Crippen molar-refractivity contribution in [3.8, 4) is 5.75 Å². The molecule has 1 rings (SSSR count). The van der Waals surface area contributed by atoms with E-state index in [1.54, 1.807) is 12.1 Å². The van der Waals surface area contributed by atoms with Crippen LogP contribution in [0, 0.1) is 0 Å². The number of hydrogen-bond donors (Lipinski definition) is 2. The van der Waals surface area contributed by atoms with Crippen LogP contribution < -0.4 is 5.32 Å². The molecule has 0 aliphatic carbocycles. The van der Waals surface area contributed by atoms with Gasteiger partial charge in [0.1, 0.15) is 12.4 Å². The van der Waals surface area contributed by atoms with Gasteiger partial charge < -0.3 is 15.2 Å². The second kappa shape index (κ2) is 19.1. The number of phenols is 1. The zero-order chi connectivity index (χ0) is 30.0. The van der Waals surface area contributed by atoms with E-state index >= 15 is 0 Å². The molecule has 0 spiro atoms. The van der Waals surface area contributed by atoms with Gasteiger partial charge >= 0.3 is 5.97 Å². The summed E-state index contributed by atoms with van der Waals surface area (Å²) < 4.78 is 5.45. The molecule has 0 bridgehead atoms. The minimum atomic E-state index is -0.437. The lowest BCUT2D eigenvalue weighted by molar-refractivity contribution is -0.121. The molecule has 0 unspecified atom stereocenters. The number of hydrogen-bond acceptors (Lipinski definition) is 4. The number of carbonyl (C=O) groups excluding carboxylic acids is 2. The summed E-state index contributed by atoms with van der Waals surface area (Å²) in [6.45, 7) is 14.8. The number of amides is 1. The van der Waals surface area contributed by atoms with Crippen LogP contribution >= 0.6 is 0 Å². The summed E-state index contributed by atoms with van der Waals surface area (Å²) in [6, 6.07) is 3.45. The van der Waals surface area contributed by atoms with Gasteiger partial charge in [0.05, 0.1) is 12.1 Å². The Morgan fingerprint density at radius 3 is 1.50 bits per heavy atom. The first-order chi connectivity index (χ1) is 18.9. The van der Waals surface area contributed by atoms with Gasteiger partial charge in [-0.15, -0.1) is 0 Å². The van der Waals surface area contributed by atoms with Gasteiger partial charge in [-0.1, -0.05) is 138 Å². The molecule has 5 nitrogen and oxygen atoms in total. The van der Waals surface area contributed by atoms with Crippen LogP contribution in [0.4, 0.5) is 0 Å². The average molecular weight is 560 g/mol. The molecule has 0 saturated carbocycles. The van der Waals surface area contributed by atoms with Crippen molar-refractivity contribution in [2.45, 2.75) is 162 Å². The molecule has 0 heterocycles. The molecule has 5 heteroatoms. The van der Waals surface area contributed by atoms with E-state index in [9.17, 15) is 14.7 Å². The monoisotopic (exact) mass is 559 g/mol. The second-order valence-electron chi connectivity index (χ2n) is 13.6. The van der Waals surface area contributed by atoms with E-state index in [1.165, 1.54) is 83.5 Å². The Morgan fingerprint density at radius 2 is 1.10 bits per heavy atom. The lowest BCUT2D eigenvalue weighted by Gasteiger charge is -2.28. The van der Waals surface area contributed by atoms with E-state index in [1.807, 2.05) is 41.5 Å². The molecule has 0 aromatic heterocycles. The molecule has 0 aliphatic rings. The number of rotatable bonds is 20. The molecule has 0 fully saturated rings. The highest BCUT2D eigenvalue weighted by molar-refractivity contribution is 5.90. The Hall–Kier alpha value is -2.04. The fourth-order valence-electron chi connectivity index (χ4n) is 5.06. The summed E-state index contributed by atoms with van der Waals surface area (Å²) in [7, 11) is 0. The standard InChI is InChI=1S/C35H61NO4/c1-8-9-10-11-12-13-14-15-16-17-18-19-20-21-22-23-31(37)36-24-25-40-33(39)28-26-29(34(2,3)4)32(38)30(27-28)35(5,6)7/h26-27,38H,8-25H2,1-7H3,(H,36,37). The van der Waals surface area contributed by atoms with Crippen molar-refractivity contribution in [1.82, 2.24) is 5.32 Å². The number of ether oxygens (including phenoxy) is 1. The molecule has 1 aromatic carbocycles. The molecule has 2 N–H and O–H groups in total. The quantitative estimate of drug-likeness (QED) is 0.123. The Balaban J connectivity index is 2.18. The van der Waals surface area contributed by atoms with Gasteiger partial charge in [-0.2, -0.15) is 0 Å². The van der Waals surface area contributed by atoms with Gasteiger partial charge in [0.25, 0.3) is 0 Å². The SMILES string of the molecule is CCCCCCCCCCCCCCCCCC(=O)NCCOC(=O)c1cc(C(C)(C)C)c(O)c(C(C)(C)C)c1. The zero-order valence-electron chi connectivity index (χ0n) is 27.1. The zero-order valence-corrected chi connectivity index (χ0v) is 27.1. The highest BCUT2D eigenvalue weighted by Crippen LogP contribution is 2.39. The highest BCUT2D eigenvalue weighted by Gasteiger charge is 2.28. The van der Waals surface area contributed by atoms with Crippen molar-refractivity contribution < 1.29 is 19.4 Å². The number of carbonyl (C=O) groups is 2. The van der Waals surface area contributed by atoms with Gasteiger partial charge in [-0.05, 0) is 29.4 Å². The van der Waals surface area contributed by atoms with Crippen LogP contribution in [0.3, 0.4) is 0 Å². The Labute approximate surface area is 246 Å². The van der Waals surface area contributed by atoms with E-state index in [2.05, 4.69) is 12.2 Å². The van der Waals surface area contributed by atoms with Gasteiger partial charge in [-0.25, -0.2) is 4.79 Å². The number of nitrogens with one attached hydrogen (secondary N) is 1. The highest BCUT2D eigenvalue weighted by atomic mass is 16.5. The van der Waals surface area contributed by atoms with Crippen molar-refractivity contribution >= 4 is 11.9 Å². The maximum Gasteiger partial charge on any atom is 0.338 e. The number of phenolic OH excluding ortho intramolecular Hbond substituents is 1. The Kier molecular flexibility index (Phi) is 17.2. The number of unbranched alkanes of at least 4 members (excludes halogenated alkanes) is 14. The largest absolute Gasteiger partial charge is 0.507 e. The van der Waals surface area contributed by atoms with Crippen molar-refractivity contribution in [3.63, 3.8) is 0 Å². The van der Waals surface area contributed by atoms with Crippen molar-refractivity contribution in [2.75, 3.05) is 13.2 Å². The lowest BCUT2D eigenvalue weighted by Crippen LogP contribution is -2.28. The third-order valence-corrected chi connectivity index (χ3v) is 7.63. The summed E-state index contributed by atoms with van der Waals surface area (Å²) in [4.78, 5) is 24.9. The first-order valence-corrected chi connectivity index (χ1v) is 16.2. The van der Waals surface area contributed by atoms with Crippen molar-refractivity contribution in [3.05, 3.63) is 28.8 Å². The minimum absolute atomic E-state index is 0.0143. The van der Waals surface area contributed by atoms with E-state index in [0.29, 0.717) is 18.5 Å². The van der Waals surface area contributed by atoms with Crippen LogP contribution in [-0.4, -0.2) is 30.1 Å². The topological polar surface area (TPSA) is 75.6 Å². The molecule has 0 atom stereocenters. The average Bonchev–Trinajstić information content (AvgIpc) is 2.87. The van der Waals surface area contributed by atoms with Crippen LogP contribution in [0.25, 0.3) is 0 Å². The van der Waals surface area contributed by atoms with E-state index in [4.69, 9.17) is 4.74 Å². The molecule has 1 aromatic rings. The molecular weight excluding hydrogens is 498 g/mol. The molecule has 0 radical (unpaired) electrons. The van der Waals surface area contributed by atoms with Crippen molar-refractivity contribution in [1.29, 1.82) is 0 Å². The van der Waals surface area contributed by atoms with Gasteiger partial charge in [-0.3, -0.25) is 4.79 Å². The normalized spacial score (nSPS) is 12.0. The Morgan fingerprint density at radius 1 is 0.700 bits per heavy atom. The smallest absolute Gasteiger partial charge is 0.338 e. The van der Waals surface area contributed by atoms with Crippen LogP contribution in [0.1, 0.15) is 173 Å². The van der Waals surface area contributed by atoms with Gasteiger partial charge in [0.15, 0.2) is 0 Å². The number of benzene rings is 1. The van der Waals surface area contributed by atoms with Gasteiger partial charge in [0.2, 0.25) is 5.91 Å². The molecule has 0 saturated heterocycles. The third-order valence-electron chi connectivity index (χ3n) is 7.63. The minimum Gasteiger partial charge on any atom is -0.507 e. The maximum atomic E-state index is 12.8. The van der Waals surface area contributed by atoms with E-state index in [0.717, 1.165) is 24.0 Å². The molecule has 40 heavy (non-hydrogen) atoms. The summed E-state index contributed by atoms with van der Waals surface area (Å²) in [5, 5.41) is 13.7. The number of esters is 1. The number of aromatic hydroxyl groups is 1. The lowest BCUT2D eigenvalue weighted by atomic mass is 9.78. The fourth-order valence-corrected chi connectivity index (χ4v) is 5.06. The van der Waals surface area contributed by atoms with Crippen LogP contribution in [0.15, 0.2) is 12.1 Å². The predicted molar refractivity (Wildman–Crippen MR) is 168 cm³/mol. The van der Waals surface area contributed by atoms with E-state index < -0.39 is 5.97 Å². The third kappa shape index (κ3) is 15.1. The second-order valence-corrected chi connectivity index (χ2v) is 13.6. The maximum absolute atomic E-state index is 12.8. The molecular formula is C35H61NO4. The molecule has 0 aliphatic heterocycles. The summed E-state index contributed by atoms with van der Waals surface area (Å²) in [6.07, 6.45) is 20.1. The summed E-state index contributed by atoms with van der Waals surface area (Å²) >= 11 is 0. The summed E-state index contributed by atoms with van der Waals surface area (Å²) in [5.41, 5.74) is 1.24. The summed E-state index contributed by atoms with van der Waals surface area (Å²) in [5.74, 6) is -0.185. The fraction of sp³-hybridized carbons (Fsp3) is 0.771. The van der Waals surface area contributed by atoms with Crippen molar-refractivity contribution in [2.24, 2.45) is 0 Å². The molecule has 230 valence electrons. The first kappa shape index (κ1) is 36.0. The van der Waals surface area contributed by atoms with Crippen LogP contribution in [0.5, 0.6) is 5.75 Å². The Bertz CT molecular complexity index is 828. The first-order valence-electron chi connectivity index (χ1n) is 16.2. The van der Waals surface area contributed by atoms with Crippen LogP contribution in [0.2, 0.25) is 0 Å². The molecule has 1 amide bonds.